The van der Waals surface area contributed by atoms with E-state index in [9.17, 15) is 0 Å². The molecule has 4 aromatic rings. The van der Waals surface area contributed by atoms with Crippen LogP contribution in [-0.2, 0) is 0 Å². The van der Waals surface area contributed by atoms with Gasteiger partial charge in [-0.3, -0.25) is 9.67 Å². The van der Waals surface area contributed by atoms with Gasteiger partial charge in [0.2, 0.25) is 0 Å². The van der Waals surface area contributed by atoms with E-state index in [1.165, 1.54) is 0 Å². The summed E-state index contributed by atoms with van der Waals surface area (Å²) in [4.78, 5) is 9.01. The fourth-order valence-electron chi connectivity index (χ4n) is 3.86. The Kier molecular flexibility index (Phi) is 9.13. The molecule has 0 radical (unpaired) electrons. The van der Waals surface area contributed by atoms with Gasteiger partial charge in [0.05, 0.1) is 17.9 Å². The molecule has 1 aliphatic heterocycles. The summed E-state index contributed by atoms with van der Waals surface area (Å²) in [6.07, 6.45) is 9.81. The summed E-state index contributed by atoms with van der Waals surface area (Å²) >= 11 is 6.15. The summed E-state index contributed by atoms with van der Waals surface area (Å²) < 4.78 is 2.07. The summed E-state index contributed by atoms with van der Waals surface area (Å²) in [7, 11) is 0. The highest BCUT2D eigenvalue weighted by Crippen LogP contribution is 2.31. The molecule has 0 aliphatic carbocycles. The Hall–Kier alpha value is -2.09. The lowest BCUT2D eigenvalue weighted by Gasteiger charge is -2.22. The molecule has 0 bridgehead atoms. The number of hydrogen-bond donors (Lipinski definition) is 2. The molecule has 5 rings (SSSR count). The fourth-order valence-corrected chi connectivity index (χ4v) is 4.04. The summed E-state index contributed by atoms with van der Waals surface area (Å²) in [6, 6.07) is 10.2. The highest BCUT2D eigenvalue weighted by atomic mass is 35.5. The third-order valence-electron chi connectivity index (χ3n) is 5.50. The Morgan fingerprint density at radius 1 is 0.906 bits per heavy atom. The van der Waals surface area contributed by atoms with E-state index in [0.717, 1.165) is 59.1 Å². The number of pyridine rings is 2. The maximum absolute atomic E-state index is 6.19. The lowest BCUT2D eigenvalue weighted by atomic mass is 10.0. The number of rotatable bonds is 3. The van der Waals surface area contributed by atoms with Crippen molar-refractivity contribution in [2.24, 2.45) is 0 Å². The molecule has 1 aromatic carbocycles. The number of nitrogens with zero attached hydrogens (tertiary/aromatic N) is 4. The number of piperidine rings is 1. The molecule has 32 heavy (non-hydrogen) atoms. The van der Waals surface area contributed by atoms with Crippen molar-refractivity contribution in [2.45, 2.75) is 18.9 Å². The lowest BCUT2D eigenvalue weighted by molar-refractivity contribution is 0.343. The van der Waals surface area contributed by atoms with Gasteiger partial charge < -0.3 is 11.1 Å². The van der Waals surface area contributed by atoms with E-state index in [1.807, 2.05) is 42.7 Å². The van der Waals surface area contributed by atoms with E-state index >= 15 is 0 Å². The van der Waals surface area contributed by atoms with Crippen LogP contribution in [0.3, 0.4) is 0 Å². The fraction of sp³-hybridized carbons (Fsp3) is 0.227. The SMILES string of the molecule is Cl.Cl.Cl.Nc1ncc(-c2cnn(C3CCNCC3)c2)cc1-c1cc2cc(Cl)ccc2cn1. The smallest absolute Gasteiger partial charge is 0.132 e. The average molecular weight is 514 g/mol. The molecule has 3 aromatic heterocycles. The van der Waals surface area contributed by atoms with Crippen molar-refractivity contribution in [3.05, 3.63) is 60.1 Å². The average Bonchev–Trinajstić information content (AvgIpc) is 3.24. The summed E-state index contributed by atoms with van der Waals surface area (Å²) in [5.74, 6) is 0.452. The highest BCUT2D eigenvalue weighted by Gasteiger charge is 2.17. The molecule has 170 valence electrons. The van der Waals surface area contributed by atoms with E-state index in [4.69, 9.17) is 17.3 Å². The Morgan fingerprint density at radius 2 is 1.69 bits per heavy atom. The maximum atomic E-state index is 6.19. The molecule has 1 fully saturated rings. The van der Waals surface area contributed by atoms with Crippen LogP contribution in [0.1, 0.15) is 18.9 Å². The lowest BCUT2D eigenvalue weighted by Crippen LogP contribution is -2.29. The Balaban J connectivity index is 0.00000121. The predicted molar refractivity (Wildman–Crippen MR) is 139 cm³/mol. The van der Waals surface area contributed by atoms with Crippen molar-refractivity contribution in [1.82, 2.24) is 25.1 Å². The number of nitrogens with two attached hydrogens (primary N) is 1. The standard InChI is InChI=1S/C22H21ClN6.3ClH/c23-18-2-1-14-10-26-21(9-15(14)7-18)20-8-16(11-27-22(20)24)17-12-28-29(13-17)19-3-5-25-6-4-19;;;/h1-2,7-13,19,25H,3-6H2,(H2,24,27);3*1H. The van der Waals surface area contributed by atoms with Crippen LogP contribution in [0.5, 0.6) is 0 Å². The van der Waals surface area contributed by atoms with Crippen molar-refractivity contribution in [3.63, 3.8) is 0 Å². The van der Waals surface area contributed by atoms with Crippen LogP contribution < -0.4 is 11.1 Å². The molecule has 1 aliphatic rings. The van der Waals surface area contributed by atoms with Crippen LogP contribution in [0.25, 0.3) is 33.2 Å². The second kappa shape index (κ2) is 11.2. The third kappa shape index (κ3) is 5.27. The third-order valence-corrected chi connectivity index (χ3v) is 5.73. The quantitative estimate of drug-likeness (QED) is 0.373. The van der Waals surface area contributed by atoms with Gasteiger partial charge >= 0.3 is 0 Å². The molecule has 0 atom stereocenters. The van der Waals surface area contributed by atoms with Crippen LogP contribution in [0.2, 0.25) is 5.02 Å². The van der Waals surface area contributed by atoms with Gasteiger partial charge in [-0.2, -0.15) is 5.10 Å². The van der Waals surface area contributed by atoms with Crippen molar-refractivity contribution in [3.8, 4) is 22.4 Å². The number of benzene rings is 1. The number of nitrogen functional groups attached to an aromatic ring is 1. The van der Waals surface area contributed by atoms with Crippen molar-refractivity contribution >= 4 is 65.4 Å². The molecule has 0 saturated carbocycles. The maximum Gasteiger partial charge on any atom is 0.132 e. The molecule has 6 nitrogen and oxygen atoms in total. The van der Waals surface area contributed by atoms with Gasteiger partial charge in [-0.15, -0.1) is 37.2 Å². The normalized spacial score (nSPS) is 13.7. The van der Waals surface area contributed by atoms with Crippen molar-refractivity contribution in [1.29, 1.82) is 0 Å². The van der Waals surface area contributed by atoms with Gasteiger partial charge in [0.25, 0.3) is 0 Å². The van der Waals surface area contributed by atoms with Crippen LogP contribution in [-0.4, -0.2) is 32.8 Å². The van der Waals surface area contributed by atoms with Gasteiger partial charge in [0, 0.05) is 45.7 Å². The van der Waals surface area contributed by atoms with E-state index in [-0.39, 0.29) is 37.2 Å². The zero-order chi connectivity index (χ0) is 19.8. The predicted octanol–water partition coefficient (Wildman–Crippen LogP) is 5.59. The van der Waals surface area contributed by atoms with Gasteiger partial charge in [0.1, 0.15) is 5.82 Å². The Morgan fingerprint density at radius 3 is 2.47 bits per heavy atom. The molecule has 0 spiro atoms. The second-order valence-electron chi connectivity index (χ2n) is 7.41. The van der Waals surface area contributed by atoms with Crippen LogP contribution in [0.4, 0.5) is 5.82 Å². The first-order valence-corrected chi connectivity index (χ1v) is 10.1. The molecule has 3 N–H and O–H groups in total. The van der Waals surface area contributed by atoms with Gasteiger partial charge in [-0.1, -0.05) is 17.7 Å². The molecule has 0 unspecified atom stereocenters. The highest BCUT2D eigenvalue weighted by molar-refractivity contribution is 6.31. The van der Waals surface area contributed by atoms with E-state index < -0.39 is 0 Å². The monoisotopic (exact) mass is 512 g/mol. The summed E-state index contributed by atoms with van der Waals surface area (Å²) in [6.45, 7) is 2.07. The zero-order valence-corrected chi connectivity index (χ0v) is 20.3. The van der Waals surface area contributed by atoms with Crippen molar-refractivity contribution in [2.75, 3.05) is 18.8 Å². The number of halogens is 4. The molecule has 10 heteroatoms. The molecule has 4 heterocycles. The van der Waals surface area contributed by atoms with Crippen LogP contribution >= 0.6 is 48.8 Å². The number of anilines is 1. The number of fused-ring (bicyclic) bond motifs is 1. The molecular formula is C22H24Cl4N6. The number of hydrogen-bond acceptors (Lipinski definition) is 5. The van der Waals surface area contributed by atoms with Crippen LogP contribution in [0, 0.1) is 0 Å². The first kappa shape index (κ1) is 26.2. The molecule has 0 amide bonds. The van der Waals surface area contributed by atoms with Crippen LogP contribution in [0.15, 0.2) is 55.1 Å². The van der Waals surface area contributed by atoms with Gasteiger partial charge in [-0.05, 0) is 55.6 Å². The number of nitrogens with one attached hydrogen (secondary N) is 1. The first-order valence-electron chi connectivity index (χ1n) is 9.74. The summed E-state index contributed by atoms with van der Waals surface area (Å²) in [5.41, 5.74) is 9.77. The van der Waals surface area contributed by atoms with E-state index in [0.29, 0.717) is 16.9 Å². The first-order chi connectivity index (χ1) is 14.2. The Bertz CT molecular complexity index is 1190. The second-order valence-corrected chi connectivity index (χ2v) is 7.84. The molecular weight excluding hydrogens is 490 g/mol. The minimum absolute atomic E-state index is 0. The largest absolute Gasteiger partial charge is 0.383 e. The molecule has 1 saturated heterocycles. The summed E-state index contributed by atoms with van der Waals surface area (Å²) in [5, 5.41) is 10.7. The van der Waals surface area contributed by atoms with Gasteiger partial charge in [0.15, 0.2) is 0 Å². The van der Waals surface area contributed by atoms with E-state index in [1.54, 1.807) is 6.20 Å². The minimum atomic E-state index is 0. The number of aromatic nitrogens is 4. The van der Waals surface area contributed by atoms with Crippen molar-refractivity contribution < 1.29 is 0 Å². The Labute approximate surface area is 210 Å². The minimum Gasteiger partial charge on any atom is -0.383 e. The topological polar surface area (TPSA) is 81.6 Å². The van der Waals surface area contributed by atoms with Gasteiger partial charge in [-0.25, -0.2) is 4.98 Å². The van der Waals surface area contributed by atoms with E-state index in [2.05, 4.69) is 31.3 Å². The zero-order valence-electron chi connectivity index (χ0n) is 17.1.